The Kier molecular flexibility index (Phi) is 4.40. The van der Waals surface area contributed by atoms with Crippen LogP contribution >= 0.6 is 0 Å². The number of benzene rings is 2. The van der Waals surface area contributed by atoms with Crippen molar-refractivity contribution >= 4 is 0 Å². The lowest BCUT2D eigenvalue weighted by Gasteiger charge is -2.14. The molecule has 20 heavy (non-hydrogen) atoms. The number of aliphatic hydroxyl groups is 1. The molecule has 0 aromatic heterocycles. The fraction of sp³-hybridized carbons (Fsp3) is 0.294. The Morgan fingerprint density at radius 1 is 1.00 bits per heavy atom. The molecule has 2 aromatic rings. The highest BCUT2D eigenvalue weighted by molar-refractivity contribution is 5.40. The van der Waals surface area contributed by atoms with Gasteiger partial charge in [0.05, 0.1) is 6.10 Å². The number of hydrogen-bond donors (Lipinski definition) is 1. The highest BCUT2D eigenvalue weighted by Crippen LogP contribution is 2.32. The maximum atomic E-state index is 14.0. The second kappa shape index (κ2) is 6.06. The third-order valence-electron chi connectivity index (χ3n) is 3.20. The minimum absolute atomic E-state index is 0.169. The van der Waals surface area contributed by atoms with Gasteiger partial charge < -0.3 is 9.84 Å². The van der Waals surface area contributed by atoms with Crippen LogP contribution in [0.1, 0.15) is 43.9 Å². The van der Waals surface area contributed by atoms with Crippen LogP contribution in [-0.4, -0.2) is 5.11 Å². The first kappa shape index (κ1) is 14.5. The summed E-state index contributed by atoms with van der Waals surface area (Å²) >= 11 is 0. The fourth-order valence-corrected chi connectivity index (χ4v) is 2.03. The fourth-order valence-electron chi connectivity index (χ4n) is 2.03. The third-order valence-corrected chi connectivity index (χ3v) is 3.20. The minimum Gasteiger partial charge on any atom is -0.454 e. The standard InChI is InChI=1S/C17H19FO2/c1-11(2)14-6-4-5-7-16(14)20-17-9-8-13(12(3)19)10-15(17)18/h4-12,19H,1-3H3. The molecule has 0 bridgehead atoms. The van der Waals surface area contributed by atoms with Crippen molar-refractivity contribution in [3.05, 3.63) is 59.4 Å². The Morgan fingerprint density at radius 2 is 1.70 bits per heavy atom. The number of halogens is 1. The molecular weight excluding hydrogens is 255 g/mol. The highest BCUT2D eigenvalue weighted by Gasteiger charge is 2.12. The predicted octanol–water partition coefficient (Wildman–Crippen LogP) is 4.79. The second-order valence-corrected chi connectivity index (χ2v) is 5.16. The number of hydrogen-bond acceptors (Lipinski definition) is 2. The SMILES string of the molecule is CC(C)c1ccccc1Oc1ccc(C(C)O)cc1F. The van der Waals surface area contributed by atoms with Gasteiger partial charge in [-0.15, -0.1) is 0 Å². The van der Waals surface area contributed by atoms with Crippen LogP contribution in [0.3, 0.4) is 0 Å². The van der Waals surface area contributed by atoms with Crippen molar-refractivity contribution < 1.29 is 14.2 Å². The molecule has 1 atom stereocenters. The molecule has 1 N–H and O–H groups in total. The topological polar surface area (TPSA) is 29.5 Å². The van der Waals surface area contributed by atoms with Crippen LogP contribution in [0.15, 0.2) is 42.5 Å². The van der Waals surface area contributed by atoms with E-state index in [1.807, 2.05) is 24.3 Å². The summed E-state index contributed by atoms with van der Waals surface area (Å²) in [7, 11) is 0. The molecule has 2 rings (SSSR count). The quantitative estimate of drug-likeness (QED) is 0.868. The van der Waals surface area contributed by atoms with Crippen LogP contribution in [-0.2, 0) is 0 Å². The number of ether oxygens (including phenoxy) is 1. The molecule has 1 unspecified atom stereocenters. The Labute approximate surface area is 118 Å². The van der Waals surface area contributed by atoms with Crippen LogP contribution in [0.2, 0.25) is 0 Å². The lowest BCUT2D eigenvalue weighted by Crippen LogP contribution is -1.97. The molecule has 0 fully saturated rings. The molecule has 2 nitrogen and oxygen atoms in total. The second-order valence-electron chi connectivity index (χ2n) is 5.16. The maximum absolute atomic E-state index is 14.0. The number of rotatable bonds is 4. The summed E-state index contributed by atoms with van der Waals surface area (Å²) in [4.78, 5) is 0. The molecule has 0 heterocycles. The van der Waals surface area contributed by atoms with Crippen molar-refractivity contribution in [1.82, 2.24) is 0 Å². The van der Waals surface area contributed by atoms with Gasteiger partial charge in [-0.25, -0.2) is 4.39 Å². The molecule has 0 radical (unpaired) electrons. The first-order valence-corrected chi connectivity index (χ1v) is 6.73. The zero-order valence-electron chi connectivity index (χ0n) is 11.9. The van der Waals surface area contributed by atoms with E-state index in [-0.39, 0.29) is 5.75 Å². The summed E-state index contributed by atoms with van der Waals surface area (Å²) in [5, 5.41) is 9.44. The molecule has 0 saturated heterocycles. The van der Waals surface area contributed by atoms with E-state index in [0.717, 1.165) is 5.56 Å². The van der Waals surface area contributed by atoms with Crippen LogP contribution in [0.5, 0.6) is 11.5 Å². The largest absolute Gasteiger partial charge is 0.454 e. The van der Waals surface area contributed by atoms with Crippen LogP contribution < -0.4 is 4.74 Å². The first-order chi connectivity index (χ1) is 9.49. The van der Waals surface area contributed by atoms with E-state index in [4.69, 9.17) is 4.74 Å². The van der Waals surface area contributed by atoms with E-state index in [2.05, 4.69) is 13.8 Å². The smallest absolute Gasteiger partial charge is 0.166 e. The molecular formula is C17H19FO2. The summed E-state index contributed by atoms with van der Waals surface area (Å²) in [5.74, 6) is 0.654. The Hall–Kier alpha value is -1.87. The van der Waals surface area contributed by atoms with Crippen molar-refractivity contribution in [3.63, 3.8) is 0 Å². The molecule has 106 valence electrons. The van der Waals surface area contributed by atoms with Gasteiger partial charge in [-0.1, -0.05) is 38.1 Å². The molecule has 0 aliphatic heterocycles. The Morgan fingerprint density at radius 3 is 2.30 bits per heavy atom. The predicted molar refractivity (Wildman–Crippen MR) is 77.6 cm³/mol. The van der Waals surface area contributed by atoms with Crippen LogP contribution in [0.25, 0.3) is 0 Å². The van der Waals surface area contributed by atoms with Gasteiger partial charge >= 0.3 is 0 Å². The normalized spacial score (nSPS) is 12.5. The van der Waals surface area contributed by atoms with Crippen molar-refractivity contribution in [2.45, 2.75) is 32.8 Å². The van der Waals surface area contributed by atoms with Gasteiger partial charge in [0, 0.05) is 0 Å². The molecule has 0 spiro atoms. The van der Waals surface area contributed by atoms with Crippen LogP contribution in [0.4, 0.5) is 4.39 Å². The molecule has 0 aliphatic carbocycles. The van der Waals surface area contributed by atoms with Crippen molar-refractivity contribution in [1.29, 1.82) is 0 Å². The lowest BCUT2D eigenvalue weighted by molar-refractivity contribution is 0.198. The van der Waals surface area contributed by atoms with E-state index in [1.54, 1.807) is 19.1 Å². The van der Waals surface area contributed by atoms with Crippen molar-refractivity contribution in [2.24, 2.45) is 0 Å². The van der Waals surface area contributed by atoms with Gasteiger partial charge in [-0.2, -0.15) is 0 Å². The third kappa shape index (κ3) is 3.17. The number of para-hydroxylation sites is 1. The highest BCUT2D eigenvalue weighted by atomic mass is 19.1. The van der Waals surface area contributed by atoms with E-state index >= 15 is 0 Å². The Bertz CT molecular complexity index is 591. The molecule has 0 saturated carbocycles. The molecule has 0 amide bonds. The summed E-state index contributed by atoms with van der Waals surface area (Å²) < 4.78 is 19.7. The lowest BCUT2D eigenvalue weighted by atomic mass is 10.0. The maximum Gasteiger partial charge on any atom is 0.166 e. The van der Waals surface area contributed by atoms with Gasteiger partial charge in [0.2, 0.25) is 0 Å². The van der Waals surface area contributed by atoms with E-state index < -0.39 is 11.9 Å². The Balaban J connectivity index is 2.31. The van der Waals surface area contributed by atoms with E-state index in [9.17, 15) is 9.50 Å². The van der Waals surface area contributed by atoms with Gasteiger partial charge in [0.15, 0.2) is 11.6 Å². The van der Waals surface area contributed by atoms with Crippen molar-refractivity contribution in [2.75, 3.05) is 0 Å². The monoisotopic (exact) mass is 274 g/mol. The summed E-state index contributed by atoms with van der Waals surface area (Å²) in [5.41, 5.74) is 1.57. The minimum atomic E-state index is -0.693. The van der Waals surface area contributed by atoms with Gasteiger partial charge in [-0.05, 0) is 42.2 Å². The molecule has 0 aliphatic rings. The van der Waals surface area contributed by atoms with Gasteiger partial charge in [0.25, 0.3) is 0 Å². The zero-order chi connectivity index (χ0) is 14.7. The first-order valence-electron chi connectivity index (χ1n) is 6.73. The average Bonchev–Trinajstić information content (AvgIpc) is 2.41. The molecule has 3 heteroatoms. The van der Waals surface area contributed by atoms with Crippen LogP contribution in [0, 0.1) is 5.82 Å². The summed E-state index contributed by atoms with van der Waals surface area (Å²) in [6, 6.07) is 12.1. The average molecular weight is 274 g/mol. The summed E-state index contributed by atoms with van der Waals surface area (Å²) in [6.45, 7) is 5.73. The zero-order valence-corrected chi connectivity index (χ0v) is 11.9. The molecule has 2 aromatic carbocycles. The number of aliphatic hydroxyl groups excluding tert-OH is 1. The van der Waals surface area contributed by atoms with Gasteiger partial charge in [-0.3, -0.25) is 0 Å². The summed E-state index contributed by atoms with van der Waals surface area (Å²) in [6.07, 6.45) is -0.693. The van der Waals surface area contributed by atoms with E-state index in [0.29, 0.717) is 17.2 Å². The van der Waals surface area contributed by atoms with Crippen molar-refractivity contribution in [3.8, 4) is 11.5 Å². The van der Waals surface area contributed by atoms with E-state index in [1.165, 1.54) is 6.07 Å². The van der Waals surface area contributed by atoms with Gasteiger partial charge in [0.1, 0.15) is 5.75 Å².